The molecule has 0 fully saturated rings. The summed E-state index contributed by atoms with van der Waals surface area (Å²) >= 11 is 0. The predicted molar refractivity (Wildman–Crippen MR) is 69.0 cm³/mol. The molecule has 0 N–H and O–H groups in total. The zero-order valence-corrected chi connectivity index (χ0v) is 11.6. The molecule has 0 saturated heterocycles. The van der Waals surface area contributed by atoms with Gasteiger partial charge >= 0.3 is 0 Å². The van der Waals surface area contributed by atoms with Crippen LogP contribution in [0.1, 0.15) is 27.7 Å². The van der Waals surface area contributed by atoms with Crippen molar-refractivity contribution in [1.82, 2.24) is 0 Å². The summed E-state index contributed by atoms with van der Waals surface area (Å²) in [5, 5.41) is 0.814. The van der Waals surface area contributed by atoms with E-state index in [1.165, 1.54) is 6.07 Å². The molecule has 0 saturated carbocycles. The zero-order chi connectivity index (χ0) is 12.2. The smallest absolute Gasteiger partial charge is 0.226 e. The third-order valence-corrected chi connectivity index (χ3v) is 7.56. The zero-order valence-electron chi connectivity index (χ0n) is 10.6. The summed E-state index contributed by atoms with van der Waals surface area (Å²) in [5.41, 5.74) is 0. The van der Waals surface area contributed by atoms with E-state index in [4.69, 9.17) is 4.43 Å². The van der Waals surface area contributed by atoms with Gasteiger partial charge in [-0.25, -0.2) is 4.39 Å². The number of hydrogen-bond donors (Lipinski definition) is 0. The van der Waals surface area contributed by atoms with Gasteiger partial charge in [-0.2, -0.15) is 0 Å². The van der Waals surface area contributed by atoms with Gasteiger partial charge in [0.05, 0.1) is 0 Å². The van der Waals surface area contributed by atoms with Crippen molar-refractivity contribution in [3.63, 3.8) is 0 Å². The second-order valence-electron chi connectivity index (χ2n) is 4.35. The Morgan fingerprint density at radius 3 is 2.19 bits per heavy atom. The maximum absolute atomic E-state index is 13.9. The van der Waals surface area contributed by atoms with Crippen LogP contribution < -0.4 is 5.19 Å². The van der Waals surface area contributed by atoms with Crippen LogP contribution in [0.3, 0.4) is 0 Å². The van der Waals surface area contributed by atoms with Gasteiger partial charge in [0.15, 0.2) is 0 Å². The fourth-order valence-corrected chi connectivity index (χ4v) is 5.69. The number of halogens is 1. The number of rotatable bonds is 5. The topological polar surface area (TPSA) is 9.23 Å². The monoisotopic (exact) mass is 240 g/mol. The SMILES string of the molecule is CC[Si](CC)(OC(C)C)c1ccccc1F. The first-order chi connectivity index (χ1) is 7.55. The van der Waals surface area contributed by atoms with Gasteiger partial charge in [0.1, 0.15) is 5.82 Å². The van der Waals surface area contributed by atoms with Gasteiger partial charge in [-0.1, -0.05) is 32.0 Å². The number of hydrogen-bond acceptors (Lipinski definition) is 1. The Morgan fingerprint density at radius 2 is 1.75 bits per heavy atom. The van der Waals surface area contributed by atoms with E-state index in [2.05, 4.69) is 13.8 Å². The molecule has 90 valence electrons. The van der Waals surface area contributed by atoms with Gasteiger partial charge < -0.3 is 4.43 Å². The van der Waals surface area contributed by atoms with Gasteiger partial charge in [0.2, 0.25) is 8.32 Å². The van der Waals surface area contributed by atoms with Crippen molar-refractivity contribution in [3.05, 3.63) is 30.1 Å². The minimum atomic E-state index is -2.10. The molecule has 1 nitrogen and oxygen atoms in total. The van der Waals surface area contributed by atoms with Gasteiger partial charge in [0.25, 0.3) is 0 Å². The van der Waals surface area contributed by atoms with E-state index in [-0.39, 0.29) is 11.9 Å². The number of benzene rings is 1. The van der Waals surface area contributed by atoms with Crippen LogP contribution in [0, 0.1) is 5.82 Å². The van der Waals surface area contributed by atoms with Crippen LogP contribution in [0.15, 0.2) is 24.3 Å². The highest BCUT2D eigenvalue weighted by molar-refractivity contribution is 6.86. The molecule has 0 aliphatic carbocycles. The fraction of sp³-hybridized carbons (Fsp3) is 0.538. The van der Waals surface area contributed by atoms with Crippen molar-refractivity contribution in [1.29, 1.82) is 0 Å². The first-order valence-electron chi connectivity index (χ1n) is 5.98. The minimum Gasteiger partial charge on any atom is -0.410 e. The second kappa shape index (κ2) is 5.59. The Hall–Kier alpha value is -0.673. The van der Waals surface area contributed by atoms with Crippen LogP contribution >= 0.6 is 0 Å². The molecule has 0 atom stereocenters. The molecule has 0 heterocycles. The van der Waals surface area contributed by atoms with E-state index in [0.29, 0.717) is 0 Å². The Bertz CT molecular complexity index is 334. The Labute approximate surface area is 98.8 Å². The van der Waals surface area contributed by atoms with Crippen LogP contribution in [0.25, 0.3) is 0 Å². The highest BCUT2D eigenvalue weighted by atomic mass is 28.4. The summed E-state index contributed by atoms with van der Waals surface area (Å²) in [4.78, 5) is 0. The summed E-state index contributed by atoms with van der Waals surface area (Å²) in [5.74, 6) is -0.112. The molecule has 1 rings (SSSR count). The highest BCUT2D eigenvalue weighted by Crippen LogP contribution is 2.20. The van der Waals surface area contributed by atoms with Crippen LogP contribution in [0.2, 0.25) is 12.1 Å². The van der Waals surface area contributed by atoms with Crippen molar-refractivity contribution in [2.45, 2.75) is 45.9 Å². The van der Waals surface area contributed by atoms with Crippen molar-refractivity contribution in [2.75, 3.05) is 0 Å². The molecule has 0 unspecified atom stereocenters. The molecule has 0 aromatic heterocycles. The van der Waals surface area contributed by atoms with Crippen LogP contribution in [0.4, 0.5) is 4.39 Å². The summed E-state index contributed by atoms with van der Waals surface area (Å²) in [6, 6.07) is 8.89. The van der Waals surface area contributed by atoms with Gasteiger partial charge in [0, 0.05) is 11.3 Å². The molecule has 1 aromatic carbocycles. The first kappa shape index (κ1) is 13.4. The second-order valence-corrected chi connectivity index (χ2v) is 8.53. The van der Waals surface area contributed by atoms with Crippen molar-refractivity contribution in [3.8, 4) is 0 Å². The maximum Gasteiger partial charge on any atom is 0.226 e. The minimum absolute atomic E-state index is 0.112. The van der Waals surface area contributed by atoms with E-state index in [1.54, 1.807) is 6.07 Å². The van der Waals surface area contributed by atoms with Crippen LogP contribution in [-0.2, 0) is 4.43 Å². The lowest BCUT2D eigenvalue weighted by Crippen LogP contribution is -2.52. The molecule has 16 heavy (non-hydrogen) atoms. The van der Waals surface area contributed by atoms with Gasteiger partial charge in [-0.3, -0.25) is 0 Å². The molecule has 0 aliphatic heterocycles. The summed E-state index contributed by atoms with van der Waals surface area (Å²) < 4.78 is 20.0. The van der Waals surface area contributed by atoms with Crippen LogP contribution in [-0.4, -0.2) is 14.4 Å². The molecule has 0 bridgehead atoms. The molecule has 1 aromatic rings. The Kier molecular flexibility index (Phi) is 4.68. The third kappa shape index (κ3) is 2.71. The highest BCUT2D eigenvalue weighted by Gasteiger charge is 2.36. The Morgan fingerprint density at radius 1 is 1.19 bits per heavy atom. The molecule has 0 aliphatic rings. The molecular weight excluding hydrogens is 219 g/mol. The average Bonchev–Trinajstić information content (AvgIpc) is 2.26. The maximum atomic E-state index is 13.9. The van der Waals surface area contributed by atoms with E-state index >= 15 is 0 Å². The van der Waals surface area contributed by atoms with Crippen LogP contribution in [0.5, 0.6) is 0 Å². The standard InChI is InChI=1S/C13H21FOSi/c1-5-16(6-2,15-11(3)4)13-10-8-7-9-12(13)14/h7-11H,5-6H2,1-4H3. The third-order valence-electron chi connectivity index (χ3n) is 2.97. The lowest BCUT2D eigenvalue weighted by Gasteiger charge is -2.32. The predicted octanol–water partition coefficient (Wildman–Crippen LogP) is 3.44. The summed E-state index contributed by atoms with van der Waals surface area (Å²) in [7, 11) is -2.10. The molecule has 0 spiro atoms. The van der Waals surface area contributed by atoms with E-state index < -0.39 is 8.32 Å². The lowest BCUT2D eigenvalue weighted by molar-refractivity contribution is 0.232. The first-order valence-corrected chi connectivity index (χ1v) is 8.30. The van der Waals surface area contributed by atoms with E-state index in [1.807, 2.05) is 26.0 Å². The Balaban J connectivity index is 3.15. The van der Waals surface area contributed by atoms with Crippen molar-refractivity contribution >= 4 is 13.5 Å². The summed E-state index contributed by atoms with van der Waals surface area (Å²) in [6.07, 6.45) is 0.158. The molecule has 0 amide bonds. The normalized spacial score (nSPS) is 12.1. The quantitative estimate of drug-likeness (QED) is 0.716. The van der Waals surface area contributed by atoms with E-state index in [0.717, 1.165) is 17.3 Å². The fourth-order valence-electron chi connectivity index (χ4n) is 2.14. The van der Waals surface area contributed by atoms with Gasteiger partial charge in [-0.05, 0) is 32.0 Å². The molecule has 0 radical (unpaired) electrons. The lowest BCUT2D eigenvalue weighted by atomic mass is 10.3. The average molecular weight is 240 g/mol. The molecule has 3 heteroatoms. The van der Waals surface area contributed by atoms with Crippen molar-refractivity contribution < 1.29 is 8.82 Å². The molecular formula is C13H21FOSi. The summed E-state index contributed by atoms with van der Waals surface area (Å²) in [6.45, 7) is 8.25. The van der Waals surface area contributed by atoms with Gasteiger partial charge in [-0.15, -0.1) is 0 Å². The van der Waals surface area contributed by atoms with E-state index in [9.17, 15) is 4.39 Å². The largest absolute Gasteiger partial charge is 0.410 e. The van der Waals surface area contributed by atoms with Crippen molar-refractivity contribution in [2.24, 2.45) is 0 Å².